The van der Waals surface area contributed by atoms with Crippen molar-refractivity contribution in [1.82, 2.24) is 0 Å². The molecule has 39 heavy (non-hydrogen) atoms. The molecule has 3 aromatic carbocycles. The van der Waals surface area contributed by atoms with Crippen molar-refractivity contribution in [2.45, 2.75) is 77.2 Å². The fraction of sp³-hybridized carbons (Fsp3) is 0.424. The molecule has 0 radical (unpaired) electrons. The number of benzene rings is 3. The Hall–Kier alpha value is -3.41. The smallest absolute Gasteiger partial charge is 0.304 e. The number of carbonyl (C=O) groups is 1. The molecule has 0 aliphatic heterocycles. The number of aliphatic carboxylic acids is 1. The van der Waals surface area contributed by atoms with Crippen molar-refractivity contribution < 1.29 is 28.2 Å². The van der Waals surface area contributed by atoms with Crippen molar-refractivity contribution in [2.24, 2.45) is 5.41 Å². The van der Waals surface area contributed by atoms with Crippen molar-refractivity contribution in [3.8, 4) is 22.6 Å². The lowest BCUT2D eigenvalue weighted by Gasteiger charge is -2.30. The average molecular weight is 535 g/mol. The predicted molar refractivity (Wildman–Crippen MR) is 147 cm³/mol. The number of methoxy groups -OCH3 is 1. The second kappa shape index (κ2) is 10.3. The lowest BCUT2D eigenvalue weighted by Crippen LogP contribution is -2.22. The lowest BCUT2D eigenvalue weighted by atomic mass is 9.75. The first kappa shape index (κ1) is 27.2. The molecule has 1 N–H and O–H groups in total. The number of ether oxygens (including phenoxy) is 2. The Morgan fingerprint density at radius 2 is 1.74 bits per heavy atom. The van der Waals surface area contributed by atoms with E-state index in [1.54, 1.807) is 12.1 Å². The van der Waals surface area contributed by atoms with E-state index in [0.29, 0.717) is 28.2 Å². The van der Waals surface area contributed by atoms with Crippen LogP contribution >= 0.6 is 0 Å². The zero-order chi connectivity index (χ0) is 27.9. The molecule has 0 amide bonds. The van der Waals surface area contributed by atoms with Gasteiger partial charge in [-0.25, -0.2) is 8.78 Å². The topological polar surface area (TPSA) is 55.8 Å². The van der Waals surface area contributed by atoms with Gasteiger partial charge in [0.2, 0.25) is 0 Å². The van der Waals surface area contributed by atoms with E-state index in [1.807, 2.05) is 31.2 Å². The second-order valence-corrected chi connectivity index (χ2v) is 12.0. The fourth-order valence-electron chi connectivity index (χ4n) is 6.66. The molecular formula is C33H36F2O4. The first-order valence-electron chi connectivity index (χ1n) is 13.6. The van der Waals surface area contributed by atoms with E-state index < -0.39 is 23.0 Å². The van der Waals surface area contributed by atoms with E-state index in [0.717, 1.165) is 48.8 Å². The van der Waals surface area contributed by atoms with Gasteiger partial charge in [0.05, 0.1) is 13.5 Å². The molecule has 1 saturated carbocycles. The number of aryl methyl sites for hydroxylation is 1. The molecule has 3 aromatic rings. The van der Waals surface area contributed by atoms with Gasteiger partial charge < -0.3 is 14.6 Å². The van der Waals surface area contributed by atoms with E-state index in [-0.39, 0.29) is 24.4 Å². The van der Waals surface area contributed by atoms with Crippen LogP contribution in [-0.4, -0.2) is 18.2 Å². The van der Waals surface area contributed by atoms with Gasteiger partial charge in [-0.2, -0.15) is 0 Å². The van der Waals surface area contributed by atoms with Gasteiger partial charge >= 0.3 is 5.97 Å². The number of halogens is 2. The van der Waals surface area contributed by atoms with Crippen LogP contribution in [0.2, 0.25) is 0 Å². The molecule has 4 nitrogen and oxygen atoms in total. The number of rotatable bonds is 8. The Morgan fingerprint density at radius 3 is 2.44 bits per heavy atom. The Balaban J connectivity index is 1.50. The third-order valence-electron chi connectivity index (χ3n) is 8.93. The number of hydrogen-bond donors (Lipinski definition) is 1. The summed E-state index contributed by atoms with van der Waals surface area (Å²) in [5.74, 6) is -0.454. The Labute approximate surface area is 229 Å². The van der Waals surface area contributed by atoms with E-state index in [4.69, 9.17) is 9.47 Å². The van der Waals surface area contributed by atoms with Crippen molar-refractivity contribution in [3.05, 3.63) is 82.4 Å². The van der Waals surface area contributed by atoms with Gasteiger partial charge in [-0.15, -0.1) is 0 Å². The molecule has 6 heteroatoms. The number of carboxylic acid groups (broad SMARTS) is 1. The van der Waals surface area contributed by atoms with E-state index in [1.165, 1.54) is 19.2 Å². The number of fused-ring (bicyclic) bond motifs is 1. The lowest BCUT2D eigenvalue weighted by molar-refractivity contribution is -0.138. The zero-order valence-corrected chi connectivity index (χ0v) is 23.1. The Bertz CT molecular complexity index is 1410. The largest absolute Gasteiger partial charge is 0.497 e. The molecule has 0 spiro atoms. The molecule has 0 heterocycles. The van der Waals surface area contributed by atoms with E-state index in [9.17, 15) is 9.90 Å². The van der Waals surface area contributed by atoms with Crippen LogP contribution in [0, 0.1) is 17.0 Å². The zero-order valence-electron chi connectivity index (χ0n) is 23.1. The summed E-state index contributed by atoms with van der Waals surface area (Å²) in [6, 6.07) is 13.6. The molecule has 0 bridgehead atoms. The van der Waals surface area contributed by atoms with Gasteiger partial charge in [-0.05, 0) is 102 Å². The third-order valence-corrected chi connectivity index (χ3v) is 8.93. The van der Waals surface area contributed by atoms with Crippen molar-refractivity contribution >= 4 is 5.97 Å². The molecule has 0 aromatic heterocycles. The molecule has 5 rings (SSSR count). The van der Waals surface area contributed by atoms with Gasteiger partial charge in [0.15, 0.2) is 0 Å². The maximum absolute atomic E-state index is 15.6. The molecule has 2 aliphatic rings. The highest BCUT2D eigenvalue weighted by Crippen LogP contribution is 2.52. The molecule has 0 unspecified atom stereocenters. The number of carboxylic acids is 1. The summed E-state index contributed by atoms with van der Waals surface area (Å²) < 4.78 is 42.1. The summed E-state index contributed by atoms with van der Waals surface area (Å²) in [6.45, 7) is 6.42. The van der Waals surface area contributed by atoms with Gasteiger partial charge in [-0.3, -0.25) is 4.79 Å². The van der Waals surface area contributed by atoms with Crippen LogP contribution in [0.1, 0.15) is 81.0 Å². The summed E-state index contributed by atoms with van der Waals surface area (Å²) in [5.41, 5.74) is 3.88. The second-order valence-electron chi connectivity index (χ2n) is 12.0. The highest BCUT2D eigenvalue weighted by molar-refractivity contribution is 5.71. The first-order valence-corrected chi connectivity index (χ1v) is 13.6. The van der Waals surface area contributed by atoms with Gasteiger partial charge in [0.1, 0.15) is 29.7 Å². The van der Waals surface area contributed by atoms with E-state index >= 15 is 8.78 Å². The summed E-state index contributed by atoms with van der Waals surface area (Å²) in [5, 5.41) is 9.42. The Morgan fingerprint density at radius 1 is 0.974 bits per heavy atom. The molecule has 2 aliphatic carbocycles. The van der Waals surface area contributed by atoms with Crippen LogP contribution in [0.15, 0.2) is 48.5 Å². The highest BCUT2D eigenvalue weighted by Gasteiger charge is 2.38. The fourth-order valence-corrected chi connectivity index (χ4v) is 6.66. The third kappa shape index (κ3) is 5.26. The SMILES string of the molecule is COc1ccc(F)c(-c2cc(F)c(COc3ccc4c(c3)[C@](C)(CC(=O)O)CC4)cc2[C@H]2CCCC2(C)C)c1. The standard InChI is InChI=1S/C33H36F2O4/c1-32(2)12-5-6-27(32)25-14-21(30(35)17-24(25)26-15-22(38-4)9-10-29(26)34)19-39-23-8-7-20-11-13-33(3,18-31(36)37)28(20)16-23/h7-10,14-17,27H,5-6,11-13,18-19H2,1-4H3,(H,36,37)/t27-,33+/m1/s1. The van der Waals surface area contributed by atoms with Crippen LogP contribution in [0.25, 0.3) is 11.1 Å². The number of hydrogen-bond acceptors (Lipinski definition) is 3. The van der Waals surface area contributed by atoms with Gasteiger partial charge in [-0.1, -0.05) is 33.3 Å². The monoisotopic (exact) mass is 534 g/mol. The molecule has 206 valence electrons. The van der Waals surface area contributed by atoms with Crippen molar-refractivity contribution in [1.29, 1.82) is 0 Å². The Kier molecular flexibility index (Phi) is 7.17. The quantitative estimate of drug-likeness (QED) is 0.317. The van der Waals surface area contributed by atoms with E-state index in [2.05, 4.69) is 13.8 Å². The van der Waals surface area contributed by atoms with Crippen LogP contribution in [0.4, 0.5) is 8.78 Å². The van der Waals surface area contributed by atoms with Crippen LogP contribution in [0.5, 0.6) is 11.5 Å². The molecule has 2 atom stereocenters. The summed E-state index contributed by atoms with van der Waals surface area (Å²) in [4.78, 5) is 11.5. The van der Waals surface area contributed by atoms with Crippen molar-refractivity contribution in [2.75, 3.05) is 7.11 Å². The van der Waals surface area contributed by atoms with Crippen LogP contribution in [0.3, 0.4) is 0 Å². The van der Waals surface area contributed by atoms with Crippen molar-refractivity contribution in [3.63, 3.8) is 0 Å². The van der Waals surface area contributed by atoms with Crippen LogP contribution < -0.4 is 9.47 Å². The first-order chi connectivity index (χ1) is 18.5. The maximum Gasteiger partial charge on any atom is 0.304 e. The molecule has 1 fully saturated rings. The minimum absolute atomic E-state index is 0.00533. The predicted octanol–water partition coefficient (Wildman–Crippen LogP) is 8.19. The molecule has 0 saturated heterocycles. The summed E-state index contributed by atoms with van der Waals surface area (Å²) >= 11 is 0. The normalized spacial score (nSPS) is 21.5. The highest BCUT2D eigenvalue weighted by atomic mass is 19.1. The van der Waals surface area contributed by atoms with Crippen LogP contribution in [-0.2, 0) is 23.2 Å². The summed E-state index contributed by atoms with van der Waals surface area (Å²) in [6.07, 6.45) is 4.72. The van der Waals surface area contributed by atoms with Gasteiger partial charge in [0.25, 0.3) is 0 Å². The minimum atomic E-state index is -0.825. The van der Waals surface area contributed by atoms with Gasteiger partial charge in [0, 0.05) is 16.5 Å². The summed E-state index contributed by atoms with van der Waals surface area (Å²) in [7, 11) is 1.53. The maximum atomic E-state index is 15.6. The molecular weight excluding hydrogens is 498 g/mol. The minimum Gasteiger partial charge on any atom is -0.497 e. The average Bonchev–Trinajstić information content (AvgIpc) is 3.41.